The molecule has 0 bridgehead atoms. The van der Waals surface area contributed by atoms with Gasteiger partial charge in [-0.25, -0.2) is 4.98 Å². The van der Waals surface area contributed by atoms with Crippen LogP contribution in [0.25, 0.3) is 0 Å². The molecule has 1 aromatic heterocycles. The molecule has 3 nitrogen and oxygen atoms in total. The maximum Gasteiger partial charge on any atom is 0.0944 e. The summed E-state index contributed by atoms with van der Waals surface area (Å²) in [5.74, 6) is 0. The van der Waals surface area contributed by atoms with Crippen molar-refractivity contribution in [1.82, 2.24) is 15.2 Å². The summed E-state index contributed by atoms with van der Waals surface area (Å²) in [4.78, 5) is 8.20. The quantitative estimate of drug-likeness (QED) is 0.741. The van der Waals surface area contributed by atoms with Gasteiger partial charge in [-0.15, -0.1) is 11.3 Å². The summed E-state index contributed by atoms with van der Waals surface area (Å²) in [5.41, 5.74) is 1.20. The predicted octanol–water partition coefficient (Wildman–Crippen LogP) is 2.06. The normalized spacial score (nSPS) is 11.3. The van der Waals surface area contributed by atoms with Gasteiger partial charge in [-0.1, -0.05) is 6.92 Å². The second-order valence-corrected chi connectivity index (χ2v) is 5.51. The van der Waals surface area contributed by atoms with Gasteiger partial charge in [0, 0.05) is 24.4 Å². The van der Waals surface area contributed by atoms with Gasteiger partial charge in [-0.3, -0.25) is 0 Å². The van der Waals surface area contributed by atoms with E-state index in [1.54, 1.807) is 0 Å². The molecule has 1 rings (SSSR count). The molecule has 0 saturated heterocycles. The zero-order chi connectivity index (χ0) is 12.0. The fourth-order valence-corrected chi connectivity index (χ4v) is 2.49. The van der Waals surface area contributed by atoms with Gasteiger partial charge < -0.3 is 10.2 Å². The van der Waals surface area contributed by atoms with Gasteiger partial charge in [0.2, 0.25) is 0 Å². The van der Waals surface area contributed by atoms with Crippen molar-refractivity contribution >= 4 is 11.3 Å². The second-order valence-electron chi connectivity index (χ2n) is 4.35. The lowest BCUT2D eigenvalue weighted by Gasteiger charge is -2.06. The Morgan fingerprint density at radius 1 is 1.38 bits per heavy atom. The maximum absolute atomic E-state index is 4.61. The molecule has 0 spiro atoms. The Kier molecular flexibility index (Phi) is 5.95. The summed E-state index contributed by atoms with van der Waals surface area (Å²) in [6.45, 7) is 7.44. The van der Waals surface area contributed by atoms with E-state index in [-0.39, 0.29) is 0 Å². The number of thiazole rings is 1. The number of aryl methyl sites for hydroxylation is 1. The first-order chi connectivity index (χ1) is 7.63. The first-order valence-corrected chi connectivity index (χ1v) is 6.75. The highest BCUT2D eigenvalue weighted by molar-refractivity contribution is 7.11. The molecule has 1 aromatic rings. The van der Waals surface area contributed by atoms with E-state index in [2.05, 4.69) is 43.1 Å². The third-order valence-corrected chi connectivity index (χ3v) is 3.64. The van der Waals surface area contributed by atoms with Gasteiger partial charge in [-0.05, 0) is 34.0 Å². The summed E-state index contributed by atoms with van der Waals surface area (Å²) >= 11 is 1.85. The van der Waals surface area contributed by atoms with Gasteiger partial charge in [0.15, 0.2) is 0 Å². The SMILES string of the molecule is CCCNCc1sc(CCN(C)C)nc1C. The predicted molar refractivity (Wildman–Crippen MR) is 71.1 cm³/mol. The lowest BCUT2D eigenvalue weighted by molar-refractivity contribution is 0.413. The summed E-state index contributed by atoms with van der Waals surface area (Å²) in [7, 11) is 4.20. The fourth-order valence-electron chi connectivity index (χ4n) is 1.46. The van der Waals surface area contributed by atoms with Crippen LogP contribution in [0.4, 0.5) is 0 Å². The molecule has 0 saturated carbocycles. The van der Waals surface area contributed by atoms with Crippen LogP contribution in [0.5, 0.6) is 0 Å². The average Bonchev–Trinajstić information content (AvgIpc) is 2.57. The van der Waals surface area contributed by atoms with Crippen LogP contribution in [0.2, 0.25) is 0 Å². The molecule has 0 amide bonds. The summed E-state index contributed by atoms with van der Waals surface area (Å²) < 4.78 is 0. The zero-order valence-corrected chi connectivity index (χ0v) is 11.7. The van der Waals surface area contributed by atoms with Crippen molar-refractivity contribution in [2.45, 2.75) is 33.2 Å². The van der Waals surface area contributed by atoms with E-state index in [9.17, 15) is 0 Å². The average molecular weight is 241 g/mol. The lowest BCUT2D eigenvalue weighted by atomic mass is 10.3. The summed E-state index contributed by atoms with van der Waals surface area (Å²) in [5, 5.41) is 4.69. The second kappa shape index (κ2) is 6.99. The maximum atomic E-state index is 4.61. The van der Waals surface area contributed by atoms with E-state index < -0.39 is 0 Å². The molecule has 0 fully saturated rings. The third-order valence-electron chi connectivity index (χ3n) is 2.42. The molecule has 0 aromatic carbocycles. The zero-order valence-electron chi connectivity index (χ0n) is 10.8. The van der Waals surface area contributed by atoms with Crippen LogP contribution in [-0.4, -0.2) is 37.1 Å². The molecule has 0 unspecified atom stereocenters. The van der Waals surface area contributed by atoms with Crippen molar-refractivity contribution in [3.63, 3.8) is 0 Å². The number of nitrogens with one attached hydrogen (secondary N) is 1. The van der Waals surface area contributed by atoms with E-state index in [4.69, 9.17) is 0 Å². The molecule has 1 N–H and O–H groups in total. The van der Waals surface area contributed by atoms with E-state index in [0.717, 1.165) is 26.1 Å². The molecular weight excluding hydrogens is 218 g/mol. The van der Waals surface area contributed by atoms with Crippen LogP contribution >= 0.6 is 11.3 Å². The summed E-state index contributed by atoms with van der Waals surface area (Å²) in [6.07, 6.45) is 2.25. The van der Waals surface area contributed by atoms with Gasteiger partial charge in [0.25, 0.3) is 0 Å². The minimum absolute atomic E-state index is 0.972. The topological polar surface area (TPSA) is 28.2 Å². The van der Waals surface area contributed by atoms with Crippen LogP contribution in [0.1, 0.15) is 28.9 Å². The van der Waals surface area contributed by atoms with Crippen molar-refractivity contribution < 1.29 is 0 Å². The van der Waals surface area contributed by atoms with Crippen LogP contribution in [-0.2, 0) is 13.0 Å². The molecule has 92 valence electrons. The van der Waals surface area contributed by atoms with Crippen LogP contribution in [0.3, 0.4) is 0 Å². The van der Waals surface area contributed by atoms with Crippen LogP contribution in [0, 0.1) is 6.92 Å². The molecule has 4 heteroatoms. The van der Waals surface area contributed by atoms with E-state index in [0.29, 0.717) is 0 Å². The first kappa shape index (κ1) is 13.6. The molecule has 0 atom stereocenters. The number of hydrogen-bond donors (Lipinski definition) is 1. The Bertz CT molecular complexity index is 307. The van der Waals surface area contributed by atoms with Gasteiger partial charge in [-0.2, -0.15) is 0 Å². The minimum Gasteiger partial charge on any atom is -0.312 e. The number of likely N-dealkylation sites (N-methyl/N-ethyl adjacent to an activating group) is 1. The smallest absolute Gasteiger partial charge is 0.0944 e. The summed E-state index contributed by atoms with van der Waals surface area (Å²) in [6, 6.07) is 0. The molecular formula is C12H23N3S. The largest absolute Gasteiger partial charge is 0.312 e. The molecule has 0 radical (unpaired) electrons. The number of rotatable bonds is 7. The Labute approximate surface area is 103 Å². The van der Waals surface area contributed by atoms with Gasteiger partial charge in [0.1, 0.15) is 0 Å². The Balaban J connectivity index is 2.46. The van der Waals surface area contributed by atoms with Crippen LogP contribution in [0.15, 0.2) is 0 Å². The van der Waals surface area contributed by atoms with Crippen molar-refractivity contribution in [2.75, 3.05) is 27.2 Å². The van der Waals surface area contributed by atoms with Crippen LogP contribution < -0.4 is 5.32 Å². The Morgan fingerprint density at radius 2 is 2.12 bits per heavy atom. The van der Waals surface area contributed by atoms with E-state index in [1.165, 1.54) is 22.0 Å². The number of hydrogen-bond acceptors (Lipinski definition) is 4. The molecule has 0 aliphatic heterocycles. The fraction of sp³-hybridized carbons (Fsp3) is 0.750. The highest BCUT2D eigenvalue weighted by Gasteiger charge is 2.07. The van der Waals surface area contributed by atoms with Gasteiger partial charge >= 0.3 is 0 Å². The highest BCUT2D eigenvalue weighted by atomic mass is 32.1. The van der Waals surface area contributed by atoms with E-state index in [1.807, 2.05) is 11.3 Å². The van der Waals surface area contributed by atoms with Crippen molar-refractivity contribution in [2.24, 2.45) is 0 Å². The molecule has 0 aliphatic carbocycles. The van der Waals surface area contributed by atoms with E-state index >= 15 is 0 Å². The van der Waals surface area contributed by atoms with Crippen molar-refractivity contribution in [3.8, 4) is 0 Å². The van der Waals surface area contributed by atoms with Gasteiger partial charge in [0.05, 0.1) is 10.7 Å². The number of aromatic nitrogens is 1. The van der Waals surface area contributed by atoms with Crippen molar-refractivity contribution in [3.05, 3.63) is 15.6 Å². The minimum atomic E-state index is 0.972. The first-order valence-electron chi connectivity index (χ1n) is 5.94. The third kappa shape index (κ3) is 4.60. The monoisotopic (exact) mass is 241 g/mol. The Hall–Kier alpha value is -0.450. The highest BCUT2D eigenvalue weighted by Crippen LogP contribution is 2.18. The molecule has 0 aliphatic rings. The molecule has 16 heavy (non-hydrogen) atoms. The standard InChI is InChI=1S/C12H23N3S/c1-5-7-13-9-11-10(2)14-12(16-11)6-8-15(3)4/h13H,5-9H2,1-4H3. The molecule has 1 heterocycles. The Morgan fingerprint density at radius 3 is 2.75 bits per heavy atom. The van der Waals surface area contributed by atoms with Crippen molar-refractivity contribution in [1.29, 1.82) is 0 Å². The number of nitrogens with zero attached hydrogens (tertiary/aromatic N) is 2. The lowest BCUT2D eigenvalue weighted by Crippen LogP contribution is -2.14.